The molecule has 1 heterocycles. The van der Waals surface area contributed by atoms with Gasteiger partial charge in [0.05, 0.1) is 17.8 Å². The van der Waals surface area contributed by atoms with Gasteiger partial charge in [0.25, 0.3) is 0 Å². The van der Waals surface area contributed by atoms with Crippen molar-refractivity contribution in [2.45, 2.75) is 12.8 Å². The first-order valence-electron chi connectivity index (χ1n) is 6.30. The van der Waals surface area contributed by atoms with Gasteiger partial charge in [-0.3, -0.25) is 9.59 Å². The average Bonchev–Trinajstić information content (AvgIpc) is 2.35. The molecule has 1 aliphatic rings. The van der Waals surface area contributed by atoms with Crippen LogP contribution in [-0.2, 0) is 19.6 Å². The molecule has 7 nitrogen and oxygen atoms in total. The van der Waals surface area contributed by atoms with Crippen molar-refractivity contribution < 1.29 is 23.1 Å². The van der Waals surface area contributed by atoms with Gasteiger partial charge in [-0.05, 0) is 18.8 Å². The van der Waals surface area contributed by atoms with Crippen molar-refractivity contribution in [1.82, 2.24) is 9.62 Å². The van der Waals surface area contributed by atoms with E-state index in [2.05, 4.69) is 4.72 Å². The van der Waals surface area contributed by atoms with Gasteiger partial charge in [0, 0.05) is 19.6 Å². The van der Waals surface area contributed by atoms with Crippen molar-refractivity contribution in [1.29, 1.82) is 0 Å². The highest BCUT2D eigenvalue weighted by Crippen LogP contribution is 2.17. The summed E-state index contributed by atoms with van der Waals surface area (Å²) in [6.07, 6.45) is 2.83. The molecule has 116 valence electrons. The molecule has 2 N–H and O–H groups in total. The Morgan fingerprint density at radius 1 is 1.40 bits per heavy atom. The van der Waals surface area contributed by atoms with Crippen molar-refractivity contribution in [3.05, 3.63) is 0 Å². The van der Waals surface area contributed by atoms with Crippen LogP contribution in [0.4, 0.5) is 0 Å². The summed E-state index contributed by atoms with van der Waals surface area (Å²) >= 11 is 1.08. The monoisotopic (exact) mass is 324 g/mol. The molecule has 20 heavy (non-hydrogen) atoms. The molecular formula is C11H20N2O5S2. The molecule has 9 heteroatoms. The van der Waals surface area contributed by atoms with Crippen LogP contribution in [0.3, 0.4) is 0 Å². The average molecular weight is 324 g/mol. The maximum Gasteiger partial charge on any atom is 0.313 e. The predicted octanol–water partition coefficient (Wildman–Crippen LogP) is -0.408. The Morgan fingerprint density at radius 2 is 2.10 bits per heavy atom. The number of carboxylic acid groups (broad SMARTS) is 1. The number of nitrogens with zero attached hydrogens (tertiary/aromatic N) is 1. The minimum absolute atomic E-state index is 0.0831. The molecule has 0 saturated carbocycles. The first kappa shape index (κ1) is 17.3. The summed E-state index contributed by atoms with van der Waals surface area (Å²) in [5.41, 5.74) is 0. The minimum Gasteiger partial charge on any atom is -0.481 e. The van der Waals surface area contributed by atoms with Crippen LogP contribution in [0, 0.1) is 5.92 Å². The van der Waals surface area contributed by atoms with Crippen molar-refractivity contribution in [2.24, 2.45) is 5.92 Å². The lowest BCUT2D eigenvalue weighted by molar-refractivity contribution is -0.133. The van der Waals surface area contributed by atoms with Gasteiger partial charge in [-0.1, -0.05) is 0 Å². The van der Waals surface area contributed by atoms with Crippen LogP contribution in [-0.4, -0.2) is 67.7 Å². The third-order valence-electron chi connectivity index (χ3n) is 2.96. The molecule has 0 aromatic carbocycles. The number of thioether (sulfide) groups is 1. The van der Waals surface area contributed by atoms with Crippen molar-refractivity contribution in [3.8, 4) is 0 Å². The van der Waals surface area contributed by atoms with Crippen LogP contribution in [0.25, 0.3) is 0 Å². The molecule has 0 radical (unpaired) electrons. The highest BCUT2D eigenvalue weighted by Gasteiger charge is 2.24. The zero-order chi connectivity index (χ0) is 15.2. The van der Waals surface area contributed by atoms with Crippen LogP contribution in [0.5, 0.6) is 0 Å². The smallest absolute Gasteiger partial charge is 0.313 e. The van der Waals surface area contributed by atoms with Gasteiger partial charge in [-0.15, -0.1) is 11.8 Å². The van der Waals surface area contributed by atoms with Crippen LogP contribution in [0.2, 0.25) is 0 Å². The number of carbonyl (C=O) groups excluding carboxylic acids is 1. The van der Waals surface area contributed by atoms with Crippen LogP contribution >= 0.6 is 11.8 Å². The maximum atomic E-state index is 11.9. The Hall–Kier alpha value is -0.800. The number of hydrogen-bond donors (Lipinski definition) is 2. The summed E-state index contributed by atoms with van der Waals surface area (Å²) in [6, 6.07) is 0. The number of piperidine rings is 1. The molecular weight excluding hydrogens is 304 g/mol. The SMILES string of the molecule is CS(=O)(=O)NCC1CCCN(C(=O)CSCC(=O)O)C1. The van der Waals surface area contributed by atoms with E-state index in [1.165, 1.54) is 0 Å². The Balaban J connectivity index is 2.36. The lowest BCUT2D eigenvalue weighted by Crippen LogP contribution is -2.44. The highest BCUT2D eigenvalue weighted by atomic mass is 32.2. The fraction of sp³-hybridized carbons (Fsp3) is 0.818. The molecule has 1 amide bonds. The Kier molecular flexibility index (Phi) is 6.77. The van der Waals surface area contributed by atoms with E-state index in [9.17, 15) is 18.0 Å². The van der Waals surface area contributed by atoms with Crippen molar-refractivity contribution >= 4 is 33.7 Å². The van der Waals surface area contributed by atoms with E-state index < -0.39 is 16.0 Å². The minimum atomic E-state index is -3.21. The summed E-state index contributed by atoms with van der Waals surface area (Å²) in [7, 11) is -3.21. The van der Waals surface area contributed by atoms with Gasteiger partial charge in [0.2, 0.25) is 15.9 Å². The number of nitrogens with one attached hydrogen (secondary N) is 1. The number of likely N-dealkylation sites (tertiary alicyclic amines) is 1. The normalized spacial score (nSPS) is 19.9. The van der Waals surface area contributed by atoms with Crippen LogP contribution in [0.1, 0.15) is 12.8 Å². The van der Waals surface area contributed by atoms with Crippen molar-refractivity contribution in [3.63, 3.8) is 0 Å². The van der Waals surface area contributed by atoms with Gasteiger partial charge in [0.15, 0.2) is 0 Å². The molecule has 1 unspecified atom stereocenters. The molecule has 1 fully saturated rings. The fourth-order valence-electron chi connectivity index (χ4n) is 2.04. The second kappa shape index (κ2) is 7.84. The third-order valence-corrected chi connectivity index (χ3v) is 4.55. The topological polar surface area (TPSA) is 104 Å². The molecule has 1 rings (SSSR count). The number of carboxylic acids is 1. The zero-order valence-corrected chi connectivity index (χ0v) is 13.0. The number of carbonyl (C=O) groups is 2. The summed E-state index contributed by atoms with van der Waals surface area (Å²) in [6.45, 7) is 1.52. The Morgan fingerprint density at radius 3 is 2.70 bits per heavy atom. The molecule has 1 saturated heterocycles. The molecule has 0 aromatic heterocycles. The lowest BCUT2D eigenvalue weighted by atomic mass is 9.98. The molecule has 0 bridgehead atoms. The fourth-order valence-corrected chi connectivity index (χ4v) is 3.22. The zero-order valence-electron chi connectivity index (χ0n) is 11.4. The molecule has 0 aromatic rings. The summed E-state index contributed by atoms with van der Waals surface area (Å²) in [5, 5.41) is 8.51. The van der Waals surface area contributed by atoms with E-state index in [4.69, 9.17) is 5.11 Å². The predicted molar refractivity (Wildman–Crippen MR) is 77.1 cm³/mol. The van der Waals surface area contributed by atoms with E-state index in [0.29, 0.717) is 19.6 Å². The van der Waals surface area contributed by atoms with Crippen LogP contribution < -0.4 is 4.72 Å². The number of rotatable bonds is 7. The first-order chi connectivity index (χ1) is 9.28. The molecule has 0 aliphatic carbocycles. The lowest BCUT2D eigenvalue weighted by Gasteiger charge is -2.32. The largest absolute Gasteiger partial charge is 0.481 e. The van der Waals surface area contributed by atoms with E-state index in [1.807, 2.05) is 0 Å². The summed E-state index contributed by atoms with van der Waals surface area (Å²) in [4.78, 5) is 24.0. The van der Waals surface area contributed by atoms with Gasteiger partial charge in [-0.25, -0.2) is 13.1 Å². The van der Waals surface area contributed by atoms with E-state index in [0.717, 1.165) is 30.9 Å². The number of sulfonamides is 1. The van der Waals surface area contributed by atoms with Gasteiger partial charge in [-0.2, -0.15) is 0 Å². The summed E-state index contributed by atoms with van der Waals surface area (Å²) < 4.78 is 24.5. The number of hydrogen-bond acceptors (Lipinski definition) is 5. The standard InChI is InChI=1S/C11H20N2O5S2/c1-20(17,18)12-5-9-3-2-4-13(6-9)10(14)7-19-8-11(15)16/h9,12H,2-8H2,1H3,(H,15,16). The summed E-state index contributed by atoms with van der Waals surface area (Å²) in [5.74, 6) is -0.833. The van der Waals surface area contributed by atoms with E-state index >= 15 is 0 Å². The highest BCUT2D eigenvalue weighted by molar-refractivity contribution is 8.00. The van der Waals surface area contributed by atoms with Gasteiger partial charge >= 0.3 is 5.97 Å². The number of aliphatic carboxylic acids is 1. The van der Waals surface area contributed by atoms with E-state index in [-0.39, 0.29) is 23.3 Å². The third kappa shape index (κ3) is 7.11. The number of amides is 1. The Bertz CT molecular complexity index is 452. The van der Waals surface area contributed by atoms with Crippen molar-refractivity contribution in [2.75, 3.05) is 37.4 Å². The second-order valence-corrected chi connectivity index (χ2v) is 7.67. The maximum absolute atomic E-state index is 11.9. The molecule has 1 aliphatic heterocycles. The molecule has 0 spiro atoms. The van der Waals surface area contributed by atoms with Crippen LogP contribution in [0.15, 0.2) is 0 Å². The first-order valence-corrected chi connectivity index (χ1v) is 9.34. The quantitative estimate of drug-likeness (QED) is 0.660. The van der Waals surface area contributed by atoms with Gasteiger partial charge in [0.1, 0.15) is 0 Å². The Labute approximate surface area is 123 Å². The van der Waals surface area contributed by atoms with E-state index in [1.54, 1.807) is 4.90 Å². The molecule has 1 atom stereocenters. The second-order valence-electron chi connectivity index (χ2n) is 4.86. The van der Waals surface area contributed by atoms with Gasteiger partial charge < -0.3 is 10.0 Å².